The van der Waals surface area contributed by atoms with Crippen LogP contribution < -0.4 is 10.1 Å². The molecule has 0 aliphatic carbocycles. The second kappa shape index (κ2) is 5.27. The van der Waals surface area contributed by atoms with Crippen molar-refractivity contribution in [2.24, 2.45) is 0 Å². The highest BCUT2D eigenvalue weighted by Gasteiger charge is 2.25. The molecule has 0 amide bonds. The van der Waals surface area contributed by atoms with Crippen molar-refractivity contribution in [3.8, 4) is 11.5 Å². The monoisotopic (exact) mass is 299 g/mol. The fourth-order valence-electron chi connectivity index (χ4n) is 2.39. The number of hydrogen-bond acceptors (Lipinski definition) is 3. The van der Waals surface area contributed by atoms with E-state index in [-0.39, 0.29) is 5.75 Å². The summed E-state index contributed by atoms with van der Waals surface area (Å²) >= 11 is 3.62. The van der Waals surface area contributed by atoms with Crippen LogP contribution in [0, 0.1) is 0 Å². The number of hydrogen-bond donors (Lipinski definition) is 2. The summed E-state index contributed by atoms with van der Waals surface area (Å²) in [5, 5.41) is 13.6. The van der Waals surface area contributed by atoms with Gasteiger partial charge in [0.25, 0.3) is 0 Å². The van der Waals surface area contributed by atoms with Gasteiger partial charge >= 0.3 is 0 Å². The largest absolute Gasteiger partial charge is 0.504 e. The molecule has 0 saturated carbocycles. The predicted octanol–water partition coefficient (Wildman–Crippen LogP) is 2.80. The molecule has 0 aromatic heterocycles. The van der Waals surface area contributed by atoms with Crippen LogP contribution in [0.3, 0.4) is 0 Å². The van der Waals surface area contributed by atoms with E-state index in [1.165, 1.54) is 5.56 Å². The van der Waals surface area contributed by atoms with Crippen LogP contribution in [0.15, 0.2) is 10.5 Å². The Labute approximate surface area is 110 Å². The molecular formula is C13H18BrNO2. The third-order valence-electron chi connectivity index (χ3n) is 3.38. The molecule has 0 radical (unpaired) electrons. The van der Waals surface area contributed by atoms with Crippen molar-refractivity contribution < 1.29 is 9.84 Å². The van der Waals surface area contributed by atoms with Gasteiger partial charge in [-0.25, -0.2) is 0 Å². The fourth-order valence-corrected chi connectivity index (χ4v) is 3.29. The molecule has 1 heterocycles. The van der Waals surface area contributed by atoms with Crippen molar-refractivity contribution in [1.82, 2.24) is 5.32 Å². The molecule has 1 saturated heterocycles. The minimum absolute atomic E-state index is 0.283. The number of phenolic OH excluding ortho intramolecular Hbond substituents is 1. The second-order valence-electron chi connectivity index (χ2n) is 4.36. The molecule has 2 rings (SSSR count). The molecule has 17 heavy (non-hydrogen) atoms. The fraction of sp³-hybridized carbons (Fsp3) is 0.538. The van der Waals surface area contributed by atoms with Crippen LogP contribution in [0.5, 0.6) is 11.5 Å². The summed E-state index contributed by atoms with van der Waals surface area (Å²) in [7, 11) is 1.60. The van der Waals surface area contributed by atoms with E-state index >= 15 is 0 Å². The van der Waals surface area contributed by atoms with E-state index in [1.54, 1.807) is 7.11 Å². The number of ether oxygens (including phenoxy) is 1. The number of methoxy groups -OCH3 is 1. The molecule has 0 bridgehead atoms. The van der Waals surface area contributed by atoms with Crippen molar-refractivity contribution in [1.29, 1.82) is 0 Å². The first kappa shape index (κ1) is 12.7. The first-order valence-corrected chi connectivity index (χ1v) is 6.77. The SMILES string of the molecule is CCc1cc(OC)c(O)c(C2CCNC2)c1Br. The lowest BCUT2D eigenvalue weighted by atomic mass is 9.94. The quantitative estimate of drug-likeness (QED) is 0.902. The minimum Gasteiger partial charge on any atom is -0.504 e. The van der Waals surface area contributed by atoms with Gasteiger partial charge in [-0.2, -0.15) is 0 Å². The lowest BCUT2D eigenvalue weighted by molar-refractivity contribution is 0.368. The first-order chi connectivity index (χ1) is 8.19. The Morgan fingerprint density at radius 2 is 2.35 bits per heavy atom. The number of aromatic hydroxyl groups is 1. The van der Waals surface area contributed by atoms with Gasteiger partial charge in [0.1, 0.15) is 0 Å². The standard InChI is InChI=1S/C13H18BrNO2/c1-3-8-6-10(17-2)13(16)11(12(8)14)9-4-5-15-7-9/h6,9,15-16H,3-5,7H2,1-2H3. The van der Waals surface area contributed by atoms with Gasteiger partial charge in [0.2, 0.25) is 0 Å². The lowest BCUT2D eigenvalue weighted by Crippen LogP contribution is -2.09. The van der Waals surface area contributed by atoms with Gasteiger partial charge in [-0.3, -0.25) is 0 Å². The number of rotatable bonds is 3. The average Bonchev–Trinajstić information content (AvgIpc) is 2.83. The van der Waals surface area contributed by atoms with Crippen LogP contribution in [-0.4, -0.2) is 25.3 Å². The minimum atomic E-state index is 0.283. The Morgan fingerprint density at radius 3 is 2.88 bits per heavy atom. The van der Waals surface area contributed by atoms with Gasteiger partial charge in [0.15, 0.2) is 11.5 Å². The molecule has 4 heteroatoms. The summed E-state index contributed by atoms with van der Waals surface area (Å²) in [6, 6.07) is 1.91. The summed E-state index contributed by atoms with van der Waals surface area (Å²) in [6.45, 7) is 4.03. The van der Waals surface area contributed by atoms with Crippen molar-refractivity contribution in [2.75, 3.05) is 20.2 Å². The van der Waals surface area contributed by atoms with Crippen molar-refractivity contribution >= 4 is 15.9 Å². The Kier molecular flexibility index (Phi) is 3.94. The zero-order valence-electron chi connectivity index (χ0n) is 10.2. The molecule has 94 valence electrons. The van der Waals surface area contributed by atoms with Crippen molar-refractivity contribution in [2.45, 2.75) is 25.7 Å². The maximum Gasteiger partial charge on any atom is 0.162 e. The highest BCUT2D eigenvalue weighted by Crippen LogP contribution is 2.43. The summed E-state index contributed by atoms with van der Waals surface area (Å²) in [4.78, 5) is 0. The first-order valence-electron chi connectivity index (χ1n) is 5.98. The van der Waals surface area contributed by atoms with E-state index in [0.29, 0.717) is 11.7 Å². The maximum atomic E-state index is 10.3. The molecule has 1 aromatic carbocycles. The predicted molar refractivity (Wildman–Crippen MR) is 72.0 cm³/mol. The molecule has 0 spiro atoms. The molecule has 1 fully saturated rings. The summed E-state index contributed by atoms with van der Waals surface area (Å²) in [6.07, 6.45) is 1.98. The van der Waals surface area contributed by atoms with Crippen LogP contribution in [0.2, 0.25) is 0 Å². The summed E-state index contributed by atoms with van der Waals surface area (Å²) in [5.74, 6) is 1.22. The Bertz CT molecular complexity index is 386. The highest BCUT2D eigenvalue weighted by molar-refractivity contribution is 9.10. The van der Waals surface area contributed by atoms with E-state index in [1.807, 2.05) is 6.07 Å². The second-order valence-corrected chi connectivity index (χ2v) is 5.15. The van der Waals surface area contributed by atoms with Gasteiger partial charge in [-0.1, -0.05) is 22.9 Å². The Morgan fingerprint density at radius 1 is 1.59 bits per heavy atom. The van der Waals surface area contributed by atoms with E-state index < -0.39 is 0 Å². The molecule has 3 nitrogen and oxygen atoms in total. The van der Waals surface area contributed by atoms with E-state index in [0.717, 1.165) is 36.0 Å². The third-order valence-corrected chi connectivity index (χ3v) is 4.32. The molecule has 1 aliphatic rings. The smallest absolute Gasteiger partial charge is 0.162 e. The van der Waals surface area contributed by atoms with Gasteiger partial charge in [-0.15, -0.1) is 0 Å². The van der Waals surface area contributed by atoms with E-state index in [4.69, 9.17) is 4.74 Å². The topological polar surface area (TPSA) is 41.5 Å². The molecule has 1 aliphatic heterocycles. The normalized spacial score (nSPS) is 19.6. The maximum absolute atomic E-state index is 10.3. The lowest BCUT2D eigenvalue weighted by Gasteiger charge is -2.18. The average molecular weight is 300 g/mol. The molecule has 1 unspecified atom stereocenters. The van der Waals surface area contributed by atoms with E-state index in [2.05, 4.69) is 28.2 Å². The zero-order chi connectivity index (χ0) is 12.4. The molecule has 1 aromatic rings. The summed E-state index contributed by atoms with van der Waals surface area (Å²) in [5.41, 5.74) is 2.17. The van der Waals surface area contributed by atoms with Crippen LogP contribution in [0.1, 0.15) is 30.4 Å². The van der Waals surface area contributed by atoms with Crippen LogP contribution >= 0.6 is 15.9 Å². The number of phenols is 1. The molecular weight excluding hydrogens is 282 g/mol. The van der Waals surface area contributed by atoms with E-state index in [9.17, 15) is 5.11 Å². The third kappa shape index (κ3) is 2.29. The number of aryl methyl sites for hydroxylation is 1. The van der Waals surface area contributed by atoms with Crippen molar-refractivity contribution in [3.05, 3.63) is 21.7 Å². The number of nitrogens with one attached hydrogen (secondary N) is 1. The highest BCUT2D eigenvalue weighted by atomic mass is 79.9. The number of benzene rings is 1. The zero-order valence-corrected chi connectivity index (χ0v) is 11.8. The van der Waals surface area contributed by atoms with Crippen LogP contribution in [-0.2, 0) is 6.42 Å². The van der Waals surface area contributed by atoms with Crippen LogP contribution in [0.4, 0.5) is 0 Å². The Hall–Kier alpha value is -0.740. The van der Waals surface area contributed by atoms with Gasteiger partial charge in [-0.05, 0) is 31.0 Å². The van der Waals surface area contributed by atoms with Crippen molar-refractivity contribution in [3.63, 3.8) is 0 Å². The molecule has 1 atom stereocenters. The summed E-state index contributed by atoms with van der Waals surface area (Å²) < 4.78 is 6.29. The van der Waals surface area contributed by atoms with Gasteiger partial charge in [0, 0.05) is 22.5 Å². The van der Waals surface area contributed by atoms with Gasteiger partial charge in [0.05, 0.1) is 7.11 Å². The Balaban J connectivity index is 2.53. The molecule has 2 N–H and O–H groups in total. The number of halogens is 1. The van der Waals surface area contributed by atoms with Crippen LogP contribution in [0.25, 0.3) is 0 Å². The van der Waals surface area contributed by atoms with Gasteiger partial charge < -0.3 is 15.2 Å².